The van der Waals surface area contributed by atoms with E-state index in [1.807, 2.05) is 42.5 Å². The SMILES string of the molecule is CCc1ccc(C(=O)Nc2ccc3nc(NN)sc3c2)cc1. The van der Waals surface area contributed by atoms with Gasteiger partial charge in [-0.15, -0.1) is 0 Å². The second-order valence-corrected chi connectivity index (χ2v) is 5.88. The number of anilines is 2. The van der Waals surface area contributed by atoms with Crippen LogP contribution in [0.1, 0.15) is 22.8 Å². The highest BCUT2D eigenvalue weighted by Crippen LogP contribution is 2.27. The van der Waals surface area contributed by atoms with E-state index in [-0.39, 0.29) is 5.91 Å². The zero-order valence-electron chi connectivity index (χ0n) is 12.1. The fourth-order valence-electron chi connectivity index (χ4n) is 2.16. The van der Waals surface area contributed by atoms with Crippen LogP contribution < -0.4 is 16.6 Å². The summed E-state index contributed by atoms with van der Waals surface area (Å²) in [6, 6.07) is 13.2. The van der Waals surface area contributed by atoms with Crippen molar-refractivity contribution in [2.24, 2.45) is 5.84 Å². The maximum Gasteiger partial charge on any atom is 0.255 e. The Balaban J connectivity index is 1.80. The quantitative estimate of drug-likeness (QED) is 0.509. The van der Waals surface area contributed by atoms with Gasteiger partial charge in [0.25, 0.3) is 5.91 Å². The van der Waals surface area contributed by atoms with Gasteiger partial charge in [0.05, 0.1) is 10.2 Å². The number of aromatic nitrogens is 1. The van der Waals surface area contributed by atoms with Crippen LogP contribution in [0.2, 0.25) is 0 Å². The number of rotatable bonds is 4. The lowest BCUT2D eigenvalue weighted by Crippen LogP contribution is -2.11. The third-order valence-electron chi connectivity index (χ3n) is 3.39. The molecular weight excluding hydrogens is 296 g/mol. The Hall–Kier alpha value is -2.44. The number of hydrazine groups is 1. The lowest BCUT2D eigenvalue weighted by atomic mass is 10.1. The van der Waals surface area contributed by atoms with E-state index in [9.17, 15) is 4.79 Å². The highest BCUT2D eigenvalue weighted by molar-refractivity contribution is 7.22. The molecule has 0 fully saturated rings. The molecule has 0 aliphatic heterocycles. The van der Waals surface area contributed by atoms with Gasteiger partial charge in [-0.25, -0.2) is 10.8 Å². The number of nitrogens with one attached hydrogen (secondary N) is 2. The van der Waals surface area contributed by atoms with Crippen molar-refractivity contribution >= 4 is 38.3 Å². The van der Waals surface area contributed by atoms with E-state index in [1.165, 1.54) is 16.9 Å². The summed E-state index contributed by atoms with van der Waals surface area (Å²) in [4.78, 5) is 16.6. The van der Waals surface area contributed by atoms with Crippen LogP contribution in [0.25, 0.3) is 10.2 Å². The smallest absolute Gasteiger partial charge is 0.255 e. The molecule has 0 radical (unpaired) electrons. The number of nitrogens with two attached hydrogens (primary N) is 1. The normalized spacial score (nSPS) is 10.6. The minimum absolute atomic E-state index is 0.122. The second-order valence-electron chi connectivity index (χ2n) is 4.85. The summed E-state index contributed by atoms with van der Waals surface area (Å²) in [7, 11) is 0. The Morgan fingerprint density at radius 2 is 2.00 bits per heavy atom. The number of nitrogen functional groups attached to an aromatic ring is 1. The first kappa shape index (κ1) is 14.5. The number of benzene rings is 2. The monoisotopic (exact) mass is 312 g/mol. The van der Waals surface area contributed by atoms with Crippen molar-refractivity contribution in [2.75, 3.05) is 10.7 Å². The minimum Gasteiger partial charge on any atom is -0.322 e. The molecule has 4 N–H and O–H groups in total. The molecule has 0 spiro atoms. The van der Waals surface area contributed by atoms with E-state index >= 15 is 0 Å². The standard InChI is InChI=1S/C16H16N4OS/c1-2-10-3-5-11(6-4-10)15(21)18-12-7-8-13-14(9-12)22-16(19-13)20-17/h3-9H,2,17H2,1H3,(H,18,21)(H,19,20). The number of carbonyl (C=O) groups excluding carboxylic acids is 1. The van der Waals surface area contributed by atoms with Crippen LogP contribution >= 0.6 is 11.3 Å². The molecule has 0 unspecified atom stereocenters. The highest BCUT2D eigenvalue weighted by atomic mass is 32.1. The van der Waals surface area contributed by atoms with Gasteiger partial charge in [-0.05, 0) is 42.3 Å². The van der Waals surface area contributed by atoms with Crippen molar-refractivity contribution in [3.63, 3.8) is 0 Å². The Labute approximate surface area is 132 Å². The summed E-state index contributed by atoms with van der Waals surface area (Å²) < 4.78 is 0.965. The predicted molar refractivity (Wildman–Crippen MR) is 91.2 cm³/mol. The molecule has 0 saturated heterocycles. The van der Waals surface area contributed by atoms with Crippen LogP contribution in [-0.4, -0.2) is 10.9 Å². The van der Waals surface area contributed by atoms with Gasteiger partial charge in [0, 0.05) is 11.3 Å². The zero-order valence-corrected chi connectivity index (χ0v) is 12.9. The van der Waals surface area contributed by atoms with Crippen LogP contribution in [0, 0.1) is 0 Å². The van der Waals surface area contributed by atoms with E-state index < -0.39 is 0 Å². The Morgan fingerprint density at radius 1 is 1.23 bits per heavy atom. The molecule has 5 nitrogen and oxygen atoms in total. The zero-order chi connectivity index (χ0) is 15.5. The van der Waals surface area contributed by atoms with E-state index in [0.29, 0.717) is 10.7 Å². The topological polar surface area (TPSA) is 80.0 Å². The second kappa shape index (κ2) is 6.13. The van der Waals surface area contributed by atoms with Gasteiger partial charge in [-0.3, -0.25) is 10.2 Å². The number of fused-ring (bicyclic) bond motifs is 1. The Bertz CT molecular complexity index is 811. The third kappa shape index (κ3) is 2.93. The van der Waals surface area contributed by atoms with Crippen molar-refractivity contribution < 1.29 is 4.79 Å². The van der Waals surface area contributed by atoms with Crippen molar-refractivity contribution in [3.05, 3.63) is 53.6 Å². The first-order valence-corrected chi connectivity index (χ1v) is 7.78. The average Bonchev–Trinajstić information content (AvgIpc) is 2.97. The predicted octanol–water partition coefficient (Wildman–Crippen LogP) is 3.40. The third-order valence-corrected chi connectivity index (χ3v) is 4.34. The van der Waals surface area contributed by atoms with E-state index in [2.05, 4.69) is 22.7 Å². The van der Waals surface area contributed by atoms with Crippen LogP contribution in [-0.2, 0) is 6.42 Å². The van der Waals surface area contributed by atoms with Crippen LogP contribution in [0.15, 0.2) is 42.5 Å². The molecule has 1 amide bonds. The fraction of sp³-hybridized carbons (Fsp3) is 0.125. The van der Waals surface area contributed by atoms with Gasteiger partial charge in [-0.2, -0.15) is 0 Å². The van der Waals surface area contributed by atoms with Gasteiger partial charge >= 0.3 is 0 Å². The fourth-order valence-corrected chi connectivity index (χ4v) is 2.97. The molecule has 3 rings (SSSR count). The molecule has 1 heterocycles. The summed E-state index contributed by atoms with van der Waals surface area (Å²) in [6.07, 6.45) is 0.960. The molecular formula is C16H16N4OS. The van der Waals surface area contributed by atoms with Crippen molar-refractivity contribution in [1.29, 1.82) is 0 Å². The number of thiazole rings is 1. The molecule has 3 aromatic rings. The largest absolute Gasteiger partial charge is 0.322 e. The first-order chi connectivity index (χ1) is 10.7. The number of nitrogens with zero attached hydrogens (tertiary/aromatic N) is 1. The number of hydrogen-bond donors (Lipinski definition) is 3. The van der Waals surface area contributed by atoms with E-state index in [4.69, 9.17) is 5.84 Å². The Morgan fingerprint density at radius 3 is 2.68 bits per heavy atom. The highest BCUT2D eigenvalue weighted by Gasteiger charge is 2.08. The van der Waals surface area contributed by atoms with Crippen molar-refractivity contribution in [3.8, 4) is 0 Å². The van der Waals surface area contributed by atoms with Gasteiger partial charge in [-0.1, -0.05) is 30.4 Å². The van der Waals surface area contributed by atoms with Crippen LogP contribution in [0.5, 0.6) is 0 Å². The number of hydrogen-bond acceptors (Lipinski definition) is 5. The lowest BCUT2D eigenvalue weighted by Gasteiger charge is -2.06. The molecule has 6 heteroatoms. The van der Waals surface area contributed by atoms with Gasteiger partial charge < -0.3 is 5.32 Å². The van der Waals surface area contributed by atoms with Crippen LogP contribution in [0.4, 0.5) is 10.8 Å². The van der Waals surface area contributed by atoms with Crippen molar-refractivity contribution in [2.45, 2.75) is 13.3 Å². The summed E-state index contributed by atoms with van der Waals surface area (Å²) in [5.74, 6) is 5.24. The number of amides is 1. The summed E-state index contributed by atoms with van der Waals surface area (Å²) >= 11 is 1.44. The Kier molecular flexibility index (Phi) is 4.04. The van der Waals surface area contributed by atoms with Crippen LogP contribution in [0.3, 0.4) is 0 Å². The molecule has 0 bridgehead atoms. The minimum atomic E-state index is -0.122. The van der Waals surface area contributed by atoms with Gasteiger partial charge in [0.15, 0.2) is 5.13 Å². The summed E-state index contributed by atoms with van der Waals surface area (Å²) in [6.45, 7) is 2.09. The average molecular weight is 312 g/mol. The maximum atomic E-state index is 12.3. The summed E-state index contributed by atoms with van der Waals surface area (Å²) in [5.41, 5.74) is 5.98. The number of carbonyl (C=O) groups is 1. The summed E-state index contributed by atoms with van der Waals surface area (Å²) in [5, 5.41) is 3.55. The molecule has 0 aliphatic carbocycles. The first-order valence-electron chi connectivity index (χ1n) is 6.97. The molecule has 0 atom stereocenters. The molecule has 2 aromatic carbocycles. The van der Waals surface area contributed by atoms with Gasteiger partial charge in [0.2, 0.25) is 0 Å². The molecule has 1 aromatic heterocycles. The molecule has 22 heavy (non-hydrogen) atoms. The molecule has 0 aliphatic rings. The van der Waals surface area contributed by atoms with Crippen molar-refractivity contribution in [1.82, 2.24) is 4.98 Å². The molecule has 112 valence electrons. The van der Waals surface area contributed by atoms with E-state index in [1.54, 1.807) is 0 Å². The van der Waals surface area contributed by atoms with E-state index in [0.717, 1.165) is 22.3 Å². The maximum absolute atomic E-state index is 12.3. The number of aryl methyl sites for hydroxylation is 1. The van der Waals surface area contributed by atoms with Gasteiger partial charge in [0.1, 0.15) is 0 Å². The lowest BCUT2D eigenvalue weighted by molar-refractivity contribution is 0.102. The molecule has 0 saturated carbocycles.